The maximum atomic E-state index is 10.6. The normalized spacial score (nSPS) is 11.8. The first-order valence-electron chi connectivity index (χ1n) is 4.29. The molecule has 1 atom stereocenters. The van der Waals surface area contributed by atoms with Crippen LogP contribution >= 0.6 is 11.8 Å². The number of primary amides is 1. The molecule has 0 spiro atoms. The summed E-state index contributed by atoms with van der Waals surface area (Å²) < 4.78 is 0. The van der Waals surface area contributed by atoms with Crippen molar-refractivity contribution in [1.82, 2.24) is 5.32 Å². The van der Waals surface area contributed by atoms with E-state index >= 15 is 0 Å². The van der Waals surface area contributed by atoms with Crippen LogP contribution in [0.15, 0.2) is 0 Å². The summed E-state index contributed by atoms with van der Waals surface area (Å²) >= 11 is 1.26. The topological polar surface area (TPSA) is 109 Å². The van der Waals surface area contributed by atoms with E-state index in [0.29, 0.717) is 5.75 Å². The Balaban J connectivity index is 3.81. The number of carbonyl (C=O) groups is 3. The number of aliphatic carboxylic acids is 1. The fraction of sp³-hybridized carbons (Fsp3) is 0.625. The smallest absolute Gasteiger partial charge is 0.327 e. The Morgan fingerprint density at radius 1 is 1.47 bits per heavy atom. The second-order valence-corrected chi connectivity index (χ2v) is 4.03. The van der Waals surface area contributed by atoms with E-state index in [1.54, 1.807) is 0 Å². The lowest BCUT2D eigenvalue weighted by molar-refractivity contribution is -0.140. The highest BCUT2D eigenvalue weighted by atomic mass is 32.2. The lowest BCUT2D eigenvalue weighted by atomic mass is 10.3. The minimum atomic E-state index is -1.09. The van der Waals surface area contributed by atoms with Gasteiger partial charge in [-0.1, -0.05) is 0 Å². The molecule has 15 heavy (non-hydrogen) atoms. The summed E-state index contributed by atoms with van der Waals surface area (Å²) in [5.41, 5.74) is 4.91. The van der Waals surface area contributed by atoms with Gasteiger partial charge in [0, 0.05) is 24.9 Å². The van der Waals surface area contributed by atoms with Crippen LogP contribution in [0.4, 0.5) is 0 Å². The number of nitrogens with one attached hydrogen (secondary N) is 1. The Bertz CT molecular complexity index is 257. The molecule has 86 valence electrons. The Morgan fingerprint density at radius 3 is 2.47 bits per heavy atom. The molecule has 0 aliphatic heterocycles. The maximum absolute atomic E-state index is 10.6. The molecule has 0 bridgehead atoms. The molecule has 2 amide bonds. The van der Waals surface area contributed by atoms with Crippen LogP contribution in [0, 0.1) is 0 Å². The summed E-state index contributed by atoms with van der Waals surface area (Å²) in [4.78, 5) is 31.7. The van der Waals surface area contributed by atoms with Gasteiger partial charge in [0.05, 0.1) is 0 Å². The van der Waals surface area contributed by atoms with E-state index in [4.69, 9.17) is 10.8 Å². The van der Waals surface area contributed by atoms with E-state index in [1.807, 2.05) is 0 Å². The summed E-state index contributed by atoms with van der Waals surface area (Å²) in [5.74, 6) is -1.22. The number of amides is 2. The number of carboxylic acid groups (broad SMARTS) is 1. The first kappa shape index (κ1) is 13.8. The van der Waals surface area contributed by atoms with Crippen molar-refractivity contribution in [2.24, 2.45) is 5.73 Å². The summed E-state index contributed by atoms with van der Waals surface area (Å²) in [6.07, 6.45) is 0.205. The molecule has 0 rings (SSSR count). The molecular weight excluding hydrogens is 220 g/mol. The largest absolute Gasteiger partial charge is 0.480 e. The van der Waals surface area contributed by atoms with E-state index in [2.05, 4.69) is 5.32 Å². The van der Waals surface area contributed by atoms with Gasteiger partial charge >= 0.3 is 5.97 Å². The minimum Gasteiger partial charge on any atom is -0.480 e. The third-order valence-corrected chi connectivity index (χ3v) is 2.51. The maximum Gasteiger partial charge on any atom is 0.327 e. The molecule has 0 aliphatic carbocycles. The molecule has 7 heteroatoms. The van der Waals surface area contributed by atoms with Gasteiger partial charge in [-0.3, -0.25) is 9.59 Å². The SMILES string of the molecule is CC(=O)N[C@@H](CSCCC(N)=O)C(=O)O. The minimum absolute atomic E-state index is 0.205. The van der Waals surface area contributed by atoms with E-state index in [0.717, 1.165) is 0 Å². The zero-order valence-electron chi connectivity index (χ0n) is 8.36. The van der Waals surface area contributed by atoms with Gasteiger partial charge in [-0.25, -0.2) is 4.79 Å². The molecule has 0 aromatic carbocycles. The second kappa shape index (κ2) is 7.10. The third-order valence-electron chi connectivity index (χ3n) is 1.45. The van der Waals surface area contributed by atoms with Crippen molar-refractivity contribution in [3.8, 4) is 0 Å². The van der Waals surface area contributed by atoms with Crippen molar-refractivity contribution in [1.29, 1.82) is 0 Å². The lowest BCUT2D eigenvalue weighted by Gasteiger charge is -2.12. The quantitative estimate of drug-likeness (QED) is 0.499. The van der Waals surface area contributed by atoms with Gasteiger partial charge in [-0.15, -0.1) is 0 Å². The van der Waals surface area contributed by atoms with Gasteiger partial charge in [0.2, 0.25) is 11.8 Å². The molecule has 6 nitrogen and oxygen atoms in total. The van der Waals surface area contributed by atoms with Crippen LogP contribution in [0.2, 0.25) is 0 Å². The number of hydrogen-bond acceptors (Lipinski definition) is 4. The molecule has 0 radical (unpaired) electrons. The molecule has 0 heterocycles. The van der Waals surface area contributed by atoms with Gasteiger partial charge in [0.25, 0.3) is 0 Å². The molecular formula is C8H14N2O4S. The Labute approximate surface area is 91.6 Å². The Morgan fingerprint density at radius 2 is 2.07 bits per heavy atom. The lowest BCUT2D eigenvalue weighted by Crippen LogP contribution is -2.41. The van der Waals surface area contributed by atoms with Crippen LogP contribution in [0.1, 0.15) is 13.3 Å². The highest BCUT2D eigenvalue weighted by Gasteiger charge is 2.17. The van der Waals surface area contributed by atoms with Gasteiger partial charge in [0.15, 0.2) is 0 Å². The summed E-state index contributed by atoms with van der Waals surface area (Å²) in [7, 11) is 0. The molecule has 0 fully saturated rings. The van der Waals surface area contributed by atoms with Crippen LogP contribution in [0.25, 0.3) is 0 Å². The fourth-order valence-electron chi connectivity index (χ4n) is 0.794. The van der Waals surface area contributed by atoms with E-state index < -0.39 is 23.8 Å². The van der Waals surface area contributed by atoms with Crippen LogP contribution in [-0.4, -0.2) is 40.4 Å². The van der Waals surface area contributed by atoms with E-state index in [9.17, 15) is 14.4 Å². The van der Waals surface area contributed by atoms with Crippen LogP contribution in [0.5, 0.6) is 0 Å². The van der Waals surface area contributed by atoms with Crippen molar-refractivity contribution in [2.75, 3.05) is 11.5 Å². The second-order valence-electron chi connectivity index (χ2n) is 2.88. The van der Waals surface area contributed by atoms with Crippen LogP contribution < -0.4 is 11.1 Å². The average molecular weight is 234 g/mol. The number of carbonyl (C=O) groups excluding carboxylic acids is 2. The van der Waals surface area contributed by atoms with Gasteiger partial charge in [0.1, 0.15) is 6.04 Å². The van der Waals surface area contributed by atoms with Crippen molar-refractivity contribution in [3.63, 3.8) is 0 Å². The first-order valence-corrected chi connectivity index (χ1v) is 5.45. The highest BCUT2D eigenvalue weighted by molar-refractivity contribution is 7.99. The number of nitrogens with two attached hydrogens (primary N) is 1. The van der Waals surface area contributed by atoms with Gasteiger partial charge in [-0.2, -0.15) is 11.8 Å². The Hall–Kier alpha value is -1.24. The van der Waals surface area contributed by atoms with Gasteiger partial charge < -0.3 is 16.2 Å². The number of carboxylic acids is 1. The fourth-order valence-corrected chi connectivity index (χ4v) is 1.77. The Kier molecular flexibility index (Phi) is 6.52. The van der Waals surface area contributed by atoms with Crippen molar-refractivity contribution in [2.45, 2.75) is 19.4 Å². The van der Waals surface area contributed by atoms with Crippen LogP contribution in [0.3, 0.4) is 0 Å². The summed E-state index contributed by atoms with van der Waals surface area (Å²) in [5, 5.41) is 11.0. The first-order chi connectivity index (χ1) is 6.93. The van der Waals surface area contributed by atoms with Crippen molar-refractivity contribution in [3.05, 3.63) is 0 Å². The summed E-state index contributed by atoms with van der Waals surface area (Å²) in [6.45, 7) is 1.25. The summed E-state index contributed by atoms with van der Waals surface area (Å²) in [6, 6.07) is -0.916. The predicted molar refractivity (Wildman–Crippen MR) is 56.4 cm³/mol. The van der Waals surface area contributed by atoms with E-state index in [-0.39, 0.29) is 12.2 Å². The predicted octanol–water partition coefficient (Wildman–Crippen LogP) is -0.816. The molecule has 0 saturated heterocycles. The highest BCUT2D eigenvalue weighted by Crippen LogP contribution is 2.05. The molecule has 0 aromatic rings. The van der Waals surface area contributed by atoms with E-state index in [1.165, 1.54) is 18.7 Å². The zero-order valence-corrected chi connectivity index (χ0v) is 9.17. The standard InChI is InChI=1S/C8H14N2O4S/c1-5(11)10-6(8(13)14)4-15-3-2-7(9)12/h6H,2-4H2,1H3,(H2,9,12)(H,10,11)(H,13,14)/t6-/m0/s1. The molecule has 0 saturated carbocycles. The monoisotopic (exact) mass is 234 g/mol. The molecule has 4 N–H and O–H groups in total. The number of rotatable bonds is 7. The molecule has 0 aliphatic rings. The third kappa shape index (κ3) is 7.80. The average Bonchev–Trinajstić information content (AvgIpc) is 2.08. The van der Waals surface area contributed by atoms with Crippen molar-refractivity contribution < 1.29 is 19.5 Å². The van der Waals surface area contributed by atoms with Crippen LogP contribution in [-0.2, 0) is 14.4 Å². The molecule has 0 aromatic heterocycles. The number of hydrogen-bond donors (Lipinski definition) is 3. The number of thioether (sulfide) groups is 1. The molecule has 0 unspecified atom stereocenters. The zero-order chi connectivity index (χ0) is 11.8. The van der Waals surface area contributed by atoms with Crippen molar-refractivity contribution >= 4 is 29.5 Å². The van der Waals surface area contributed by atoms with Gasteiger partial charge in [-0.05, 0) is 0 Å².